The van der Waals surface area contributed by atoms with Gasteiger partial charge in [0.15, 0.2) is 0 Å². The highest BCUT2D eigenvalue weighted by atomic mass is 16.1. The van der Waals surface area contributed by atoms with E-state index in [1.54, 1.807) is 10.9 Å². The largest absolute Gasteiger partial charge is 0.378 e. The van der Waals surface area contributed by atoms with Gasteiger partial charge in [0.1, 0.15) is 0 Å². The first kappa shape index (κ1) is 15.8. The molecule has 2 aromatic carbocycles. The number of benzene rings is 2. The van der Waals surface area contributed by atoms with Crippen molar-refractivity contribution < 1.29 is 4.79 Å². The van der Waals surface area contributed by atoms with Crippen LogP contribution in [-0.4, -0.2) is 29.8 Å². The topological polar surface area (TPSA) is 50.2 Å². The van der Waals surface area contributed by atoms with Crippen LogP contribution in [0.25, 0.3) is 5.69 Å². The van der Waals surface area contributed by atoms with E-state index in [2.05, 4.69) is 10.4 Å². The molecule has 1 heterocycles. The second kappa shape index (κ2) is 7.00. The lowest BCUT2D eigenvalue weighted by Gasteiger charge is -2.12. The molecule has 1 aromatic heterocycles. The van der Waals surface area contributed by atoms with Crippen molar-refractivity contribution in [3.63, 3.8) is 0 Å². The van der Waals surface area contributed by atoms with Gasteiger partial charge in [-0.2, -0.15) is 5.10 Å². The van der Waals surface area contributed by atoms with Gasteiger partial charge >= 0.3 is 0 Å². The molecule has 0 aliphatic rings. The fraction of sp³-hybridized carbons (Fsp3) is 0.158. The summed E-state index contributed by atoms with van der Waals surface area (Å²) in [6, 6.07) is 17.4. The third-order valence-corrected chi connectivity index (χ3v) is 3.76. The van der Waals surface area contributed by atoms with Gasteiger partial charge in [-0.1, -0.05) is 18.2 Å². The Bertz CT molecular complexity index is 807. The molecule has 1 N–H and O–H groups in total. The number of rotatable bonds is 5. The van der Waals surface area contributed by atoms with Gasteiger partial charge in [-0.25, -0.2) is 4.68 Å². The van der Waals surface area contributed by atoms with Crippen molar-refractivity contribution in [3.05, 3.63) is 78.1 Å². The Kier molecular flexibility index (Phi) is 4.61. The number of nitrogens with zero attached hydrogens (tertiary/aromatic N) is 3. The van der Waals surface area contributed by atoms with E-state index in [4.69, 9.17) is 0 Å². The summed E-state index contributed by atoms with van der Waals surface area (Å²) < 4.78 is 1.80. The number of hydrogen-bond donors (Lipinski definition) is 1. The summed E-state index contributed by atoms with van der Waals surface area (Å²) in [5, 5.41) is 7.25. The standard InChI is InChI=1S/C19H20N4O/c1-22(2)17-10-8-16(9-11-17)19(24)20-12-15-13-21-23(14-15)18-6-4-3-5-7-18/h3-11,13-14H,12H2,1-2H3,(H,20,24). The molecule has 3 aromatic rings. The van der Waals surface area contributed by atoms with Gasteiger partial charge < -0.3 is 10.2 Å². The van der Waals surface area contributed by atoms with Crippen LogP contribution in [0.4, 0.5) is 5.69 Å². The van der Waals surface area contributed by atoms with E-state index in [9.17, 15) is 4.79 Å². The van der Waals surface area contributed by atoms with Crippen LogP contribution >= 0.6 is 0 Å². The minimum atomic E-state index is -0.0900. The molecular formula is C19H20N4O. The van der Waals surface area contributed by atoms with Crippen molar-refractivity contribution in [2.45, 2.75) is 6.54 Å². The summed E-state index contributed by atoms with van der Waals surface area (Å²) in [7, 11) is 3.94. The first-order valence-corrected chi connectivity index (χ1v) is 7.78. The normalized spacial score (nSPS) is 10.4. The molecular weight excluding hydrogens is 300 g/mol. The van der Waals surface area contributed by atoms with Gasteiger partial charge in [0.25, 0.3) is 5.91 Å². The molecule has 0 radical (unpaired) electrons. The lowest BCUT2D eigenvalue weighted by molar-refractivity contribution is 0.0951. The van der Waals surface area contributed by atoms with Crippen LogP contribution < -0.4 is 10.2 Å². The molecule has 0 fully saturated rings. The van der Waals surface area contributed by atoms with Gasteiger partial charge in [0.05, 0.1) is 11.9 Å². The molecule has 0 saturated carbocycles. The monoisotopic (exact) mass is 320 g/mol. The van der Waals surface area contributed by atoms with E-state index >= 15 is 0 Å². The van der Waals surface area contributed by atoms with E-state index in [0.717, 1.165) is 16.9 Å². The molecule has 0 spiro atoms. The Morgan fingerprint density at radius 2 is 1.79 bits per heavy atom. The fourth-order valence-electron chi connectivity index (χ4n) is 2.37. The molecule has 0 unspecified atom stereocenters. The minimum absolute atomic E-state index is 0.0900. The molecule has 3 rings (SSSR count). The van der Waals surface area contributed by atoms with Gasteiger partial charge in [-0.3, -0.25) is 4.79 Å². The maximum atomic E-state index is 12.2. The Morgan fingerprint density at radius 3 is 2.46 bits per heavy atom. The van der Waals surface area contributed by atoms with Crippen molar-refractivity contribution in [1.29, 1.82) is 0 Å². The number of aromatic nitrogens is 2. The smallest absolute Gasteiger partial charge is 0.251 e. The average Bonchev–Trinajstić information content (AvgIpc) is 3.09. The number of hydrogen-bond acceptors (Lipinski definition) is 3. The van der Waals surface area contributed by atoms with Crippen LogP contribution in [0, 0.1) is 0 Å². The minimum Gasteiger partial charge on any atom is -0.378 e. The van der Waals surface area contributed by atoms with Crippen LogP contribution in [0.3, 0.4) is 0 Å². The molecule has 0 atom stereocenters. The van der Waals surface area contributed by atoms with Crippen molar-refractivity contribution in [2.75, 3.05) is 19.0 Å². The van der Waals surface area contributed by atoms with Crippen LogP contribution in [0.15, 0.2) is 67.0 Å². The van der Waals surface area contributed by atoms with Crippen molar-refractivity contribution in [3.8, 4) is 5.69 Å². The third kappa shape index (κ3) is 3.63. The van der Waals surface area contributed by atoms with Crippen molar-refractivity contribution >= 4 is 11.6 Å². The highest BCUT2D eigenvalue weighted by Gasteiger charge is 2.07. The number of para-hydroxylation sites is 1. The van der Waals surface area contributed by atoms with Crippen LogP contribution in [0.5, 0.6) is 0 Å². The zero-order chi connectivity index (χ0) is 16.9. The zero-order valence-corrected chi connectivity index (χ0v) is 13.8. The molecule has 24 heavy (non-hydrogen) atoms. The number of anilines is 1. The van der Waals surface area contributed by atoms with Gasteiger partial charge in [0, 0.05) is 43.7 Å². The predicted molar refractivity (Wildman–Crippen MR) is 95.5 cm³/mol. The number of amides is 1. The van der Waals surface area contributed by atoms with Crippen molar-refractivity contribution in [2.24, 2.45) is 0 Å². The first-order valence-electron chi connectivity index (χ1n) is 7.78. The van der Waals surface area contributed by atoms with Crippen LogP contribution in [0.1, 0.15) is 15.9 Å². The average molecular weight is 320 g/mol. The SMILES string of the molecule is CN(C)c1ccc(C(=O)NCc2cnn(-c3ccccc3)c2)cc1. The van der Waals surface area contributed by atoms with E-state index in [1.807, 2.05) is 79.8 Å². The van der Waals surface area contributed by atoms with Gasteiger partial charge in [0.2, 0.25) is 0 Å². The van der Waals surface area contributed by atoms with E-state index in [0.29, 0.717) is 12.1 Å². The summed E-state index contributed by atoms with van der Waals surface area (Å²) >= 11 is 0. The lowest BCUT2D eigenvalue weighted by Crippen LogP contribution is -2.22. The summed E-state index contributed by atoms with van der Waals surface area (Å²) in [6.07, 6.45) is 3.69. The Labute approximate surface area is 141 Å². The molecule has 0 saturated heterocycles. The quantitative estimate of drug-likeness (QED) is 0.786. The van der Waals surface area contributed by atoms with Gasteiger partial charge in [-0.15, -0.1) is 0 Å². The van der Waals surface area contributed by atoms with Crippen LogP contribution in [0.2, 0.25) is 0 Å². The molecule has 5 nitrogen and oxygen atoms in total. The number of carbonyl (C=O) groups excluding carboxylic acids is 1. The molecule has 1 amide bonds. The highest BCUT2D eigenvalue weighted by molar-refractivity contribution is 5.94. The second-order valence-corrected chi connectivity index (χ2v) is 5.75. The number of carbonyl (C=O) groups is 1. The second-order valence-electron chi connectivity index (χ2n) is 5.75. The molecule has 0 aliphatic heterocycles. The zero-order valence-electron chi connectivity index (χ0n) is 13.8. The Morgan fingerprint density at radius 1 is 1.08 bits per heavy atom. The molecule has 5 heteroatoms. The molecule has 0 bridgehead atoms. The van der Waals surface area contributed by atoms with Gasteiger partial charge in [-0.05, 0) is 36.4 Å². The lowest BCUT2D eigenvalue weighted by atomic mass is 10.2. The summed E-state index contributed by atoms with van der Waals surface area (Å²) in [5.74, 6) is -0.0900. The third-order valence-electron chi connectivity index (χ3n) is 3.76. The maximum Gasteiger partial charge on any atom is 0.251 e. The Hall–Kier alpha value is -3.08. The molecule has 0 aliphatic carbocycles. The van der Waals surface area contributed by atoms with E-state index in [-0.39, 0.29) is 5.91 Å². The predicted octanol–water partition coefficient (Wildman–Crippen LogP) is 2.87. The summed E-state index contributed by atoms with van der Waals surface area (Å²) in [4.78, 5) is 14.2. The maximum absolute atomic E-state index is 12.2. The van der Waals surface area contributed by atoms with Crippen molar-refractivity contribution in [1.82, 2.24) is 15.1 Å². The van der Waals surface area contributed by atoms with E-state index < -0.39 is 0 Å². The first-order chi connectivity index (χ1) is 11.6. The van der Waals surface area contributed by atoms with E-state index in [1.165, 1.54) is 0 Å². The fourth-order valence-corrected chi connectivity index (χ4v) is 2.37. The Balaban J connectivity index is 1.61. The number of nitrogens with one attached hydrogen (secondary N) is 1. The summed E-state index contributed by atoms with van der Waals surface area (Å²) in [6.45, 7) is 0.446. The summed E-state index contributed by atoms with van der Waals surface area (Å²) in [5.41, 5.74) is 3.67. The highest BCUT2D eigenvalue weighted by Crippen LogP contribution is 2.12. The van der Waals surface area contributed by atoms with Crippen LogP contribution in [-0.2, 0) is 6.54 Å². The molecule has 122 valence electrons.